The van der Waals surface area contributed by atoms with Crippen LogP contribution in [0.25, 0.3) is 12.2 Å². The van der Waals surface area contributed by atoms with Crippen molar-refractivity contribution in [1.29, 1.82) is 0 Å². The van der Waals surface area contributed by atoms with Crippen LogP contribution >= 0.6 is 46.4 Å². The van der Waals surface area contributed by atoms with Crippen LogP contribution < -0.4 is 16.0 Å². The summed E-state index contributed by atoms with van der Waals surface area (Å²) in [4.78, 5) is 94.6. The number of rotatable bonds is 20. The van der Waals surface area contributed by atoms with Gasteiger partial charge in [-0.15, -0.1) is 0 Å². The van der Waals surface area contributed by atoms with E-state index < -0.39 is 41.6 Å². The van der Waals surface area contributed by atoms with Crippen molar-refractivity contribution in [3.8, 4) is 0 Å². The summed E-state index contributed by atoms with van der Waals surface area (Å²) in [7, 11) is 0. The number of anilines is 1. The van der Waals surface area contributed by atoms with E-state index in [-0.39, 0.29) is 101 Å². The predicted molar refractivity (Wildman–Crippen MR) is 261 cm³/mol. The molecule has 0 aromatic heterocycles. The van der Waals surface area contributed by atoms with Gasteiger partial charge in [0.05, 0.1) is 70.9 Å². The lowest BCUT2D eigenvalue weighted by Crippen LogP contribution is -2.54. The first-order chi connectivity index (χ1) is 33.3. The molecule has 0 radical (unpaired) electrons. The Balaban J connectivity index is 0.865. The zero-order chi connectivity index (χ0) is 49.0. The molecule has 6 amide bonds. The van der Waals surface area contributed by atoms with Crippen LogP contribution in [0.2, 0.25) is 20.1 Å². The van der Waals surface area contributed by atoms with Gasteiger partial charge in [-0.2, -0.15) is 0 Å². The molecular formula is C50H47Cl4N5O10. The largest absolute Gasteiger partial charge is 0.382 e. The summed E-state index contributed by atoms with van der Waals surface area (Å²) in [6, 6.07) is 22.0. The maximum Gasteiger partial charge on any atom is 0.264 e. The SMILES string of the molecule is O=C1CCC(N2C(=O)c3cccc(NCCOCCOCCOCCC(=O)NC(Cc4ccccc4)C(=O)N4CC(=Cc5ccc(Cl)c(Cl)c5)C(=O)C(=Cc5ccc(Cl)c(Cl)c5)C4)c3C2=O)C(=O)N1. The van der Waals surface area contributed by atoms with E-state index in [1.165, 1.54) is 11.0 Å². The van der Waals surface area contributed by atoms with Crippen molar-refractivity contribution in [2.45, 2.75) is 37.8 Å². The van der Waals surface area contributed by atoms with Gasteiger partial charge in [-0.25, -0.2) is 0 Å². The molecule has 19 heteroatoms. The number of fused-ring (bicyclic) bond motifs is 1. The van der Waals surface area contributed by atoms with Crippen molar-refractivity contribution in [2.24, 2.45) is 0 Å². The number of benzene rings is 4. The van der Waals surface area contributed by atoms with E-state index in [1.807, 2.05) is 30.3 Å². The molecule has 0 bridgehead atoms. The maximum atomic E-state index is 14.5. The first kappa shape index (κ1) is 51.0. The third-order valence-electron chi connectivity index (χ3n) is 11.3. The summed E-state index contributed by atoms with van der Waals surface area (Å²) >= 11 is 24.9. The number of nitrogens with zero attached hydrogens (tertiary/aromatic N) is 2. The lowest BCUT2D eigenvalue weighted by molar-refractivity contribution is -0.137. The monoisotopic (exact) mass is 1020 g/mol. The molecule has 0 saturated carbocycles. The number of nitrogens with one attached hydrogen (secondary N) is 3. The number of ether oxygens (including phenoxy) is 3. The highest BCUT2D eigenvalue weighted by Crippen LogP contribution is 2.33. The summed E-state index contributed by atoms with van der Waals surface area (Å²) in [5.74, 6) is -3.36. The molecule has 4 aromatic rings. The first-order valence-corrected chi connectivity index (χ1v) is 23.6. The van der Waals surface area contributed by atoms with Crippen molar-refractivity contribution in [1.82, 2.24) is 20.4 Å². The summed E-state index contributed by atoms with van der Waals surface area (Å²) < 4.78 is 16.9. The van der Waals surface area contributed by atoms with Gasteiger partial charge in [-0.05, 0) is 71.7 Å². The Labute approximate surface area is 418 Å². The fraction of sp³-hybridized carbons (Fsp3) is 0.300. The zero-order valence-corrected chi connectivity index (χ0v) is 40.1. The second-order valence-corrected chi connectivity index (χ2v) is 17.8. The molecule has 4 aromatic carbocycles. The van der Waals surface area contributed by atoms with Gasteiger partial charge in [-0.3, -0.25) is 43.8 Å². The molecule has 0 spiro atoms. The molecule has 360 valence electrons. The average molecular weight is 1020 g/mol. The number of hydrogen-bond acceptors (Lipinski definition) is 11. The fourth-order valence-corrected chi connectivity index (χ4v) is 8.58. The van der Waals surface area contributed by atoms with Crippen LogP contribution in [0.15, 0.2) is 96.1 Å². The van der Waals surface area contributed by atoms with Gasteiger partial charge in [0.2, 0.25) is 23.6 Å². The zero-order valence-electron chi connectivity index (χ0n) is 37.1. The summed E-state index contributed by atoms with van der Waals surface area (Å²) in [5.41, 5.74) is 3.48. The summed E-state index contributed by atoms with van der Waals surface area (Å²) in [6.45, 7) is 1.54. The van der Waals surface area contributed by atoms with Crippen LogP contribution in [-0.2, 0) is 44.6 Å². The standard InChI is InChI=1S/C50H47Cl4N5O10/c51-36-11-9-31(25-38(36)53)23-33-28-58(29-34(46(33)62)24-32-10-12-37(52)39(54)26-32)49(65)41(27-30-5-2-1-3-6-30)56-44(61)15-17-67-19-21-69-22-20-68-18-16-55-40-8-4-7-35-45(40)50(66)59(48(35)64)42-13-14-43(60)57-47(42)63/h1-12,23-26,41-42,55H,13-22,27-29H2,(H,56,61)(H,57,60,63). The minimum Gasteiger partial charge on any atom is -0.382 e. The number of piperidine rings is 2. The van der Waals surface area contributed by atoms with E-state index in [0.29, 0.717) is 54.6 Å². The second-order valence-electron chi connectivity index (χ2n) is 16.2. The van der Waals surface area contributed by atoms with Crippen LogP contribution in [0.4, 0.5) is 5.69 Å². The van der Waals surface area contributed by atoms with Crippen LogP contribution in [0.1, 0.15) is 56.7 Å². The number of hydrogen-bond donors (Lipinski definition) is 3. The summed E-state index contributed by atoms with van der Waals surface area (Å²) in [5, 5.41) is 9.54. The number of carbonyl (C=O) groups excluding carboxylic acids is 7. The minimum atomic E-state index is -1.06. The highest BCUT2D eigenvalue weighted by molar-refractivity contribution is 6.42. The number of carbonyl (C=O) groups is 7. The van der Waals surface area contributed by atoms with Gasteiger partial charge in [0, 0.05) is 55.7 Å². The lowest BCUT2D eigenvalue weighted by Gasteiger charge is -2.33. The Hall–Kier alpha value is -5.91. The quantitative estimate of drug-likeness (QED) is 0.0477. The first-order valence-electron chi connectivity index (χ1n) is 22.1. The van der Waals surface area contributed by atoms with Gasteiger partial charge in [-0.1, -0.05) is 94.9 Å². The molecule has 2 fully saturated rings. The number of Topliss-reactive ketones (excluding diaryl/α,β-unsaturated/α-hetero) is 1. The Morgan fingerprint density at radius 1 is 0.710 bits per heavy atom. The van der Waals surface area contributed by atoms with Crippen molar-refractivity contribution in [3.05, 3.63) is 144 Å². The van der Waals surface area contributed by atoms with E-state index in [9.17, 15) is 33.6 Å². The van der Waals surface area contributed by atoms with Gasteiger partial charge >= 0.3 is 0 Å². The Bertz CT molecular complexity index is 2620. The van der Waals surface area contributed by atoms with E-state index in [2.05, 4.69) is 16.0 Å². The predicted octanol–water partition coefficient (Wildman–Crippen LogP) is 6.86. The molecule has 2 atom stereocenters. The van der Waals surface area contributed by atoms with Crippen molar-refractivity contribution in [3.63, 3.8) is 0 Å². The van der Waals surface area contributed by atoms with Crippen LogP contribution in [0.5, 0.6) is 0 Å². The van der Waals surface area contributed by atoms with Gasteiger partial charge in [0.15, 0.2) is 5.78 Å². The van der Waals surface area contributed by atoms with Crippen LogP contribution in [0.3, 0.4) is 0 Å². The van der Waals surface area contributed by atoms with Gasteiger partial charge < -0.3 is 29.7 Å². The third-order valence-corrected chi connectivity index (χ3v) is 12.8. The second kappa shape index (κ2) is 24.1. The molecule has 3 N–H and O–H groups in total. The molecule has 2 saturated heterocycles. The molecule has 15 nitrogen and oxygen atoms in total. The molecule has 69 heavy (non-hydrogen) atoms. The molecule has 3 aliphatic rings. The van der Waals surface area contributed by atoms with E-state index in [0.717, 1.165) is 10.5 Å². The number of halogens is 4. The maximum absolute atomic E-state index is 14.5. The van der Waals surface area contributed by atoms with Crippen molar-refractivity contribution < 1.29 is 47.8 Å². The molecule has 3 heterocycles. The Morgan fingerprint density at radius 3 is 1.93 bits per heavy atom. The molecule has 2 unspecified atom stereocenters. The van der Waals surface area contributed by atoms with E-state index in [1.54, 1.807) is 60.7 Å². The van der Waals surface area contributed by atoms with Crippen molar-refractivity contribution >= 4 is 105 Å². The molecular weight excluding hydrogens is 972 g/mol. The molecule has 7 rings (SSSR count). The Morgan fingerprint density at radius 2 is 1.32 bits per heavy atom. The average Bonchev–Trinajstić information content (AvgIpc) is 3.58. The number of ketones is 1. The van der Waals surface area contributed by atoms with Gasteiger partial charge in [0.1, 0.15) is 12.1 Å². The lowest BCUT2D eigenvalue weighted by atomic mass is 9.93. The minimum absolute atomic E-state index is 0.0297. The van der Waals surface area contributed by atoms with E-state index >= 15 is 0 Å². The normalized spacial score (nSPS) is 17.6. The van der Waals surface area contributed by atoms with Crippen molar-refractivity contribution in [2.75, 3.05) is 64.6 Å². The highest BCUT2D eigenvalue weighted by Gasteiger charge is 2.45. The number of likely N-dealkylation sites (tertiary alicyclic amines) is 1. The van der Waals surface area contributed by atoms with E-state index in [4.69, 9.17) is 60.6 Å². The topological polar surface area (TPSA) is 190 Å². The number of imide groups is 2. The third kappa shape index (κ3) is 13.2. The van der Waals surface area contributed by atoms with Crippen LogP contribution in [-0.4, -0.2) is 122 Å². The Kier molecular flexibility index (Phi) is 17.8. The number of amides is 6. The smallest absolute Gasteiger partial charge is 0.264 e. The fourth-order valence-electron chi connectivity index (χ4n) is 7.97. The molecule has 3 aliphatic heterocycles. The highest BCUT2D eigenvalue weighted by atomic mass is 35.5. The summed E-state index contributed by atoms with van der Waals surface area (Å²) in [6.07, 6.45) is 3.60. The van der Waals surface area contributed by atoms with Gasteiger partial charge in [0.25, 0.3) is 11.8 Å². The van der Waals surface area contributed by atoms with Crippen LogP contribution in [0, 0.1) is 0 Å². The molecule has 0 aliphatic carbocycles.